The van der Waals surface area contributed by atoms with Crippen LogP contribution in [0.25, 0.3) is 10.9 Å². The Balaban J connectivity index is 1.66. The lowest BCUT2D eigenvalue weighted by atomic mass is 10.1. The number of para-hydroxylation sites is 1. The van der Waals surface area contributed by atoms with Gasteiger partial charge >= 0.3 is 0 Å². The highest BCUT2D eigenvalue weighted by atomic mass is 35.5. The van der Waals surface area contributed by atoms with Crippen LogP contribution in [0.5, 0.6) is 0 Å². The fraction of sp³-hybridized carbons (Fsp3) is 0.238. The molecule has 26 heavy (non-hydrogen) atoms. The minimum atomic E-state index is -0.0876. The normalized spacial score (nSPS) is 12.2. The predicted octanol–water partition coefficient (Wildman–Crippen LogP) is 5.47. The van der Waals surface area contributed by atoms with Gasteiger partial charge in [-0.05, 0) is 55.7 Å². The maximum Gasteiger partial charge on any atom is 0.230 e. The van der Waals surface area contributed by atoms with Crippen LogP contribution in [0.4, 0.5) is 0 Å². The molecule has 1 atom stereocenters. The number of hydrogen-bond donors (Lipinski definition) is 1. The van der Waals surface area contributed by atoms with Gasteiger partial charge in [0.2, 0.25) is 5.91 Å². The monoisotopic (exact) mass is 384 g/mol. The summed E-state index contributed by atoms with van der Waals surface area (Å²) >= 11 is 7.47. The second-order valence-electron chi connectivity index (χ2n) is 6.38. The van der Waals surface area contributed by atoms with Gasteiger partial charge in [-0.15, -0.1) is 0 Å². The van der Waals surface area contributed by atoms with Gasteiger partial charge in [0, 0.05) is 10.4 Å². The molecule has 0 saturated carbocycles. The highest BCUT2D eigenvalue weighted by molar-refractivity contribution is 7.99. The molecule has 1 N–H and O–H groups in total. The Bertz CT molecular complexity index is 958. The van der Waals surface area contributed by atoms with Gasteiger partial charge in [-0.2, -0.15) is 0 Å². The molecule has 2 aromatic carbocycles. The summed E-state index contributed by atoms with van der Waals surface area (Å²) in [6.07, 6.45) is 0. The Hall–Kier alpha value is -2.04. The first-order valence-corrected chi connectivity index (χ1v) is 9.85. The lowest BCUT2D eigenvalue weighted by molar-refractivity contribution is -0.119. The molecule has 0 radical (unpaired) electrons. The topological polar surface area (TPSA) is 42.0 Å². The molecule has 1 aromatic heterocycles. The molecule has 5 heteroatoms. The number of aromatic nitrogens is 1. The second kappa shape index (κ2) is 8.11. The van der Waals surface area contributed by atoms with Crippen molar-refractivity contribution < 1.29 is 4.79 Å². The molecule has 1 amide bonds. The third-order valence-corrected chi connectivity index (χ3v) is 5.45. The van der Waals surface area contributed by atoms with Crippen LogP contribution < -0.4 is 5.32 Å². The van der Waals surface area contributed by atoms with Gasteiger partial charge in [0.25, 0.3) is 0 Å². The molecule has 3 rings (SSSR count). The molecule has 0 aliphatic heterocycles. The third kappa shape index (κ3) is 4.37. The molecule has 0 unspecified atom stereocenters. The molecular weight excluding hydrogens is 364 g/mol. The standard InChI is InChI=1S/C21H21ClN2OS/c1-13-6-4-9-18-14(2)10-20(24-21(13)18)26-12-19(25)23-15(3)16-7-5-8-17(22)11-16/h4-11,15H,12H2,1-3H3,(H,23,25)/t15-/m1/s1. The average molecular weight is 385 g/mol. The van der Waals surface area contributed by atoms with E-state index >= 15 is 0 Å². The number of nitrogens with zero attached hydrogens (tertiary/aromatic N) is 1. The summed E-state index contributed by atoms with van der Waals surface area (Å²) in [6, 6.07) is 15.7. The number of aryl methyl sites for hydroxylation is 2. The van der Waals surface area contributed by atoms with Crippen LogP contribution in [0.2, 0.25) is 5.02 Å². The Morgan fingerprint density at radius 3 is 2.69 bits per heavy atom. The van der Waals surface area contributed by atoms with Crippen molar-refractivity contribution in [3.8, 4) is 0 Å². The molecular formula is C21H21ClN2OS. The van der Waals surface area contributed by atoms with Gasteiger partial charge in [0.15, 0.2) is 0 Å². The van der Waals surface area contributed by atoms with Crippen LogP contribution in [-0.4, -0.2) is 16.6 Å². The van der Waals surface area contributed by atoms with E-state index in [0.29, 0.717) is 10.8 Å². The Morgan fingerprint density at radius 2 is 1.92 bits per heavy atom. The summed E-state index contributed by atoms with van der Waals surface area (Å²) in [5, 5.41) is 5.71. The van der Waals surface area contributed by atoms with Crippen molar-refractivity contribution in [2.75, 3.05) is 5.75 Å². The number of rotatable bonds is 5. The number of pyridine rings is 1. The quantitative estimate of drug-likeness (QED) is 0.592. The fourth-order valence-corrected chi connectivity index (χ4v) is 3.86. The summed E-state index contributed by atoms with van der Waals surface area (Å²) in [7, 11) is 0. The minimum absolute atomic E-state index is 0.0215. The number of carbonyl (C=O) groups is 1. The number of hydrogen-bond acceptors (Lipinski definition) is 3. The van der Waals surface area contributed by atoms with Crippen LogP contribution >= 0.6 is 23.4 Å². The van der Waals surface area contributed by atoms with Crippen LogP contribution in [0, 0.1) is 13.8 Å². The number of amides is 1. The van der Waals surface area contributed by atoms with Gasteiger partial charge in [-0.3, -0.25) is 4.79 Å². The van der Waals surface area contributed by atoms with E-state index in [0.717, 1.165) is 27.1 Å². The van der Waals surface area contributed by atoms with Crippen molar-refractivity contribution in [3.63, 3.8) is 0 Å². The van der Waals surface area contributed by atoms with E-state index in [-0.39, 0.29) is 11.9 Å². The molecule has 0 saturated heterocycles. The number of benzene rings is 2. The van der Waals surface area contributed by atoms with E-state index in [1.165, 1.54) is 17.3 Å². The molecule has 0 aliphatic rings. The number of nitrogens with one attached hydrogen (secondary N) is 1. The number of carbonyl (C=O) groups excluding carboxylic acids is 1. The molecule has 3 nitrogen and oxygen atoms in total. The largest absolute Gasteiger partial charge is 0.349 e. The van der Waals surface area contributed by atoms with E-state index in [2.05, 4.69) is 31.3 Å². The third-order valence-electron chi connectivity index (χ3n) is 4.30. The molecule has 1 heterocycles. The summed E-state index contributed by atoms with van der Waals surface area (Å²) in [5.74, 6) is 0.307. The van der Waals surface area contributed by atoms with Crippen molar-refractivity contribution in [1.29, 1.82) is 0 Å². The van der Waals surface area contributed by atoms with Crippen molar-refractivity contribution in [3.05, 3.63) is 70.2 Å². The Morgan fingerprint density at radius 1 is 1.15 bits per heavy atom. The highest BCUT2D eigenvalue weighted by Gasteiger charge is 2.12. The molecule has 0 spiro atoms. The first kappa shape index (κ1) is 18.7. The van der Waals surface area contributed by atoms with E-state index in [1.54, 1.807) is 0 Å². The van der Waals surface area contributed by atoms with E-state index in [1.807, 2.05) is 43.3 Å². The van der Waals surface area contributed by atoms with E-state index in [4.69, 9.17) is 16.6 Å². The number of halogens is 1. The van der Waals surface area contributed by atoms with Gasteiger partial charge in [0.1, 0.15) is 0 Å². The maximum absolute atomic E-state index is 12.3. The first-order chi connectivity index (χ1) is 12.4. The van der Waals surface area contributed by atoms with Crippen LogP contribution in [0.3, 0.4) is 0 Å². The zero-order chi connectivity index (χ0) is 18.7. The van der Waals surface area contributed by atoms with Crippen molar-refractivity contribution in [2.24, 2.45) is 0 Å². The van der Waals surface area contributed by atoms with Crippen LogP contribution in [0.15, 0.2) is 53.6 Å². The van der Waals surface area contributed by atoms with Gasteiger partial charge in [-0.1, -0.05) is 53.7 Å². The van der Waals surface area contributed by atoms with Crippen LogP contribution in [-0.2, 0) is 4.79 Å². The second-order valence-corrected chi connectivity index (χ2v) is 7.81. The minimum Gasteiger partial charge on any atom is -0.349 e. The first-order valence-electron chi connectivity index (χ1n) is 8.48. The lowest BCUT2D eigenvalue weighted by Gasteiger charge is -2.14. The molecule has 0 fully saturated rings. The predicted molar refractivity (Wildman–Crippen MR) is 110 cm³/mol. The smallest absolute Gasteiger partial charge is 0.230 e. The fourth-order valence-electron chi connectivity index (χ4n) is 2.89. The maximum atomic E-state index is 12.3. The highest BCUT2D eigenvalue weighted by Crippen LogP contribution is 2.25. The van der Waals surface area contributed by atoms with E-state index in [9.17, 15) is 4.79 Å². The number of fused-ring (bicyclic) bond motifs is 1. The van der Waals surface area contributed by atoms with Crippen molar-refractivity contribution in [1.82, 2.24) is 10.3 Å². The Kier molecular flexibility index (Phi) is 5.84. The molecule has 3 aromatic rings. The van der Waals surface area contributed by atoms with Gasteiger partial charge < -0.3 is 5.32 Å². The molecule has 134 valence electrons. The summed E-state index contributed by atoms with van der Waals surface area (Å²) in [6.45, 7) is 6.09. The SMILES string of the molecule is Cc1cc(SCC(=O)N[C@H](C)c2cccc(Cl)c2)nc2c(C)cccc12. The van der Waals surface area contributed by atoms with Crippen molar-refractivity contribution >= 4 is 40.2 Å². The summed E-state index contributed by atoms with van der Waals surface area (Å²) in [5.41, 5.74) is 4.31. The summed E-state index contributed by atoms with van der Waals surface area (Å²) < 4.78 is 0. The zero-order valence-electron chi connectivity index (χ0n) is 15.0. The number of thioether (sulfide) groups is 1. The lowest BCUT2D eigenvalue weighted by Crippen LogP contribution is -2.28. The van der Waals surface area contributed by atoms with E-state index < -0.39 is 0 Å². The molecule has 0 aliphatic carbocycles. The van der Waals surface area contributed by atoms with Gasteiger partial charge in [0.05, 0.1) is 22.3 Å². The Labute approximate surface area is 163 Å². The van der Waals surface area contributed by atoms with Crippen molar-refractivity contribution in [2.45, 2.75) is 31.8 Å². The van der Waals surface area contributed by atoms with Gasteiger partial charge in [-0.25, -0.2) is 4.98 Å². The molecule has 0 bridgehead atoms. The average Bonchev–Trinajstić information content (AvgIpc) is 2.61. The van der Waals surface area contributed by atoms with Crippen LogP contribution in [0.1, 0.15) is 29.7 Å². The zero-order valence-corrected chi connectivity index (χ0v) is 16.6. The summed E-state index contributed by atoms with van der Waals surface area (Å²) in [4.78, 5) is 17.0.